The Kier molecular flexibility index (Phi) is 4.30. The van der Waals surface area contributed by atoms with Crippen molar-refractivity contribution in [3.8, 4) is 17.2 Å². The molecule has 0 aliphatic heterocycles. The van der Waals surface area contributed by atoms with E-state index in [1.807, 2.05) is 6.07 Å². The molecule has 0 unspecified atom stereocenters. The van der Waals surface area contributed by atoms with Crippen molar-refractivity contribution in [1.82, 2.24) is 0 Å². The van der Waals surface area contributed by atoms with Gasteiger partial charge in [-0.25, -0.2) is 4.39 Å². The minimum Gasteiger partial charge on any atom is -0.497 e. The molecule has 2 aromatic rings. The normalized spacial score (nSPS) is 10.2. The summed E-state index contributed by atoms with van der Waals surface area (Å²) in [5, 5.41) is 0. The van der Waals surface area contributed by atoms with Gasteiger partial charge in [0.2, 0.25) is 0 Å². The smallest absolute Gasteiger partial charge is 0.146 e. The third-order valence-electron chi connectivity index (χ3n) is 2.85. The molecule has 0 aromatic heterocycles. The molecule has 0 saturated carbocycles. The highest BCUT2D eigenvalue weighted by atomic mass is 19.1. The number of hydrogen-bond acceptors (Lipinski definition) is 4. The summed E-state index contributed by atoms with van der Waals surface area (Å²) >= 11 is 0. The summed E-state index contributed by atoms with van der Waals surface area (Å²) in [6.07, 6.45) is 0. The Hall–Kier alpha value is -2.43. The second-order valence-corrected chi connectivity index (χ2v) is 4.15. The van der Waals surface area contributed by atoms with Gasteiger partial charge in [-0.2, -0.15) is 0 Å². The van der Waals surface area contributed by atoms with Crippen LogP contribution in [0.1, 0.15) is 5.56 Å². The summed E-state index contributed by atoms with van der Waals surface area (Å²) in [6, 6.07) is 9.67. The Balaban J connectivity index is 2.15. The van der Waals surface area contributed by atoms with E-state index in [0.29, 0.717) is 17.2 Å². The average Bonchev–Trinajstić information content (AvgIpc) is 2.48. The largest absolute Gasteiger partial charge is 0.497 e. The topological polar surface area (TPSA) is 53.7 Å². The highest BCUT2D eigenvalue weighted by molar-refractivity contribution is 5.45. The summed E-state index contributed by atoms with van der Waals surface area (Å²) in [7, 11) is 3.17. The van der Waals surface area contributed by atoms with Gasteiger partial charge in [-0.15, -0.1) is 0 Å². The maximum atomic E-state index is 13.1. The molecule has 0 saturated heterocycles. The number of nitrogen functional groups attached to an aromatic ring is 1. The van der Waals surface area contributed by atoms with Gasteiger partial charge >= 0.3 is 0 Å². The van der Waals surface area contributed by atoms with Gasteiger partial charge in [0.15, 0.2) is 0 Å². The molecular formula is C15H16FNO3. The zero-order valence-electron chi connectivity index (χ0n) is 11.4. The van der Waals surface area contributed by atoms with Gasteiger partial charge in [-0.3, -0.25) is 0 Å². The van der Waals surface area contributed by atoms with E-state index in [0.717, 1.165) is 5.56 Å². The molecule has 2 aromatic carbocycles. The third kappa shape index (κ3) is 3.12. The van der Waals surface area contributed by atoms with Crippen LogP contribution in [0.15, 0.2) is 36.4 Å². The summed E-state index contributed by atoms with van der Waals surface area (Å²) < 4.78 is 29.1. The molecule has 106 valence electrons. The lowest BCUT2D eigenvalue weighted by atomic mass is 10.2. The van der Waals surface area contributed by atoms with Gasteiger partial charge < -0.3 is 19.9 Å². The SMILES string of the molecule is COc1ccc(OC)c(COc2ccc(F)c(N)c2)c1. The van der Waals surface area contributed by atoms with E-state index in [4.69, 9.17) is 19.9 Å². The molecule has 5 heteroatoms. The van der Waals surface area contributed by atoms with Gasteiger partial charge in [-0.1, -0.05) is 0 Å². The fourth-order valence-electron chi connectivity index (χ4n) is 1.77. The molecule has 0 spiro atoms. The van der Waals surface area contributed by atoms with Crippen LogP contribution in [0.3, 0.4) is 0 Å². The van der Waals surface area contributed by atoms with Crippen molar-refractivity contribution in [2.24, 2.45) is 0 Å². The zero-order valence-corrected chi connectivity index (χ0v) is 11.4. The fourth-order valence-corrected chi connectivity index (χ4v) is 1.77. The molecule has 0 radical (unpaired) electrons. The summed E-state index contributed by atoms with van der Waals surface area (Å²) in [5.74, 6) is 1.44. The number of ether oxygens (including phenoxy) is 3. The van der Waals surface area contributed by atoms with Crippen LogP contribution in [-0.4, -0.2) is 14.2 Å². The molecule has 0 aliphatic carbocycles. The van der Waals surface area contributed by atoms with Crippen molar-refractivity contribution >= 4 is 5.69 Å². The highest BCUT2D eigenvalue weighted by Crippen LogP contribution is 2.26. The molecule has 0 atom stereocenters. The first-order valence-electron chi connectivity index (χ1n) is 6.02. The van der Waals surface area contributed by atoms with Crippen molar-refractivity contribution in [3.05, 3.63) is 47.8 Å². The Morgan fingerprint density at radius 3 is 2.40 bits per heavy atom. The summed E-state index contributed by atoms with van der Waals surface area (Å²) in [4.78, 5) is 0. The predicted molar refractivity (Wildman–Crippen MR) is 74.7 cm³/mol. The van der Waals surface area contributed by atoms with Gasteiger partial charge in [-0.05, 0) is 30.3 Å². The maximum Gasteiger partial charge on any atom is 0.146 e. The highest BCUT2D eigenvalue weighted by Gasteiger charge is 2.07. The van der Waals surface area contributed by atoms with Crippen LogP contribution in [0, 0.1) is 5.82 Å². The minimum absolute atomic E-state index is 0.0557. The summed E-state index contributed by atoms with van der Waals surface area (Å²) in [5.41, 5.74) is 6.38. The number of methoxy groups -OCH3 is 2. The van der Waals surface area contributed by atoms with Crippen molar-refractivity contribution in [2.45, 2.75) is 6.61 Å². The molecule has 0 fully saturated rings. The minimum atomic E-state index is -0.462. The van der Waals surface area contributed by atoms with E-state index >= 15 is 0 Å². The van der Waals surface area contributed by atoms with E-state index in [-0.39, 0.29) is 12.3 Å². The fraction of sp³-hybridized carbons (Fsp3) is 0.200. The second-order valence-electron chi connectivity index (χ2n) is 4.15. The zero-order chi connectivity index (χ0) is 14.5. The molecular weight excluding hydrogens is 261 g/mol. The lowest BCUT2D eigenvalue weighted by Gasteiger charge is -2.12. The maximum absolute atomic E-state index is 13.1. The van der Waals surface area contributed by atoms with E-state index in [9.17, 15) is 4.39 Å². The molecule has 2 rings (SSSR count). The van der Waals surface area contributed by atoms with E-state index < -0.39 is 5.82 Å². The van der Waals surface area contributed by atoms with Crippen LogP contribution in [0.25, 0.3) is 0 Å². The standard InChI is InChI=1S/C15H16FNO3/c1-18-11-4-6-15(19-2)10(7-11)9-20-12-3-5-13(16)14(17)8-12/h3-8H,9,17H2,1-2H3. The number of anilines is 1. The van der Waals surface area contributed by atoms with Crippen molar-refractivity contribution in [1.29, 1.82) is 0 Å². The van der Waals surface area contributed by atoms with E-state index in [2.05, 4.69) is 0 Å². The first-order chi connectivity index (χ1) is 9.63. The number of benzene rings is 2. The Morgan fingerprint density at radius 1 is 1.00 bits per heavy atom. The molecule has 0 bridgehead atoms. The second kappa shape index (κ2) is 6.14. The third-order valence-corrected chi connectivity index (χ3v) is 2.85. The Bertz CT molecular complexity index is 602. The lowest BCUT2D eigenvalue weighted by Crippen LogP contribution is -2.00. The van der Waals surface area contributed by atoms with Gasteiger partial charge in [0, 0.05) is 11.6 Å². The van der Waals surface area contributed by atoms with Crippen molar-refractivity contribution < 1.29 is 18.6 Å². The predicted octanol–water partition coefficient (Wildman–Crippen LogP) is 3.00. The van der Waals surface area contributed by atoms with Crippen LogP contribution >= 0.6 is 0 Å². The quantitative estimate of drug-likeness (QED) is 0.854. The molecule has 0 amide bonds. The average molecular weight is 277 g/mol. The van der Waals surface area contributed by atoms with Crippen LogP contribution in [0.4, 0.5) is 10.1 Å². The number of rotatable bonds is 5. The molecule has 4 nitrogen and oxygen atoms in total. The van der Waals surface area contributed by atoms with E-state index in [1.165, 1.54) is 18.2 Å². The summed E-state index contributed by atoms with van der Waals surface area (Å²) in [6.45, 7) is 0.269. The first kappa shape index (κ1) is 14.0. The molecule has 20 heavy (non-hydrogen) atoms. The van der Waals surface area contributed by atoms with Crippen LogP contribution in [0.2, 0.25) is 0 Å². The number of halogens is 1. The number of nitrogens with two attached hydrogens (primary N) is 1. The monoisotopic (exact) mass is 277 g/mol. The van der Waals surface area contributed by atoms with Crippen LogP contribution < -0.4 is 19.9 Å². The molecule has 0 aliphatic rings. The van der Waals surface area contributed by atoms with Gasteiger partial charge in [0.05, 0.1) is 19.9 Å². The molecule has 0 heterocycles. The molecule has 2 N–H and O–H groups in total. The van der Waals surface area contributed by atoms with Crippen LogP contribution in [-0.2, 0) is 6.61 Å². The van der Waals surface area contributed by atoms with Gasteiger partial charge in [0.1, 0.15) is 29.7 Å². The Labute approximate surface area is 116 Å². The van der Waals surface area contributed by atoms with Gasteiger partial charge in [0.25, 0.3) is 0 Å². The number of hydrogen-bond donors (Lipinski definition) is 1. The first-order valence-corrected chi connectivity index (χ1v) is 6.02. The van der Waals surface area contributed by atoms with Crippen LogP contribution in [0.5, 0.6) is 17.2 Å². The van der Waals surface area contributed by atoms with Crippen molar-refractivity contribution in [3.63, 3.8) is 0 Å². The van der Waals surface area contributed by atoms with Crippen molar-refractivity contribution in [2.75, 3.05) is 20.0 Å². The van der Waals surface area contributed by atoms with E-state index in [1.54, 1.807) is 26.4 Å². The Morgan fingerprint density at radius 2 is 1.75 bits per heavy atom. The lowest BCUT2D eigenvalue weighted by molar-refractivity contribution is 0.295.